The third kappa shape index (κ3) is 2.23. The van der Waals surface area contributed by atoms with Gasteiger partial charge in [0, 0.05) is 17.9 Å². The first kappa shape index (κ1) is 11.3. The standard InChI is InChI=1S/C14H16FN3/c1-10-6-11(2-5-14(10)15)17-8-13-7-16-9-18(13)12-3-4-12/h2,5-7,9,12,17H,3-4,8H2,1H3. The van der Waals surface area contributed by atoms with E-state index in [1.165, 1.54) is 24.6 Å². The SMILES string of the molecule is Cc1cc(NCc2cncn2C2CC2)ccc1F. The number of anilines is 1. The largest absolute Gasteiger partial charge is 0.379 e. The summed E-state index contributed by atoms with van der Waals surface area (Å²) in [6.45, 7) is 2.50. The Morgan fingerprint density at radius 2 is 2.28 bits per heavy atom. The lowest BCUT2D eigenvalue weighted by Gasteiger charge is -2.10. The van der Waals surface area contributed by atoms with E-state index in [4.69, 9.17) is 0 Å². The zero-order chi connectivity index (χ0) is 12.5. The summed E-state index contributed by atoms with van der Waals surface area (Å²) in [4.78, 5) is 4.19. The number of hydrogen-bond acceptors (Lipinski definition) is 2. The van der Waals surface area contributed by atoms with Gasteiger partial charge in [-0.25, -0.2) is 9.37 Å². The molecule has 3 rings (SSSR count). The van der Waals surface area contributed by atoms with Crippen molar-refractivity contribution in [3.63, 3.8) is 0 Å². The van der Waals surface area contributed by atoms with Crippen LogP contribution < -0.4 is 5.32 Å². The second kappa shape index (κ2) is 4.44. The van der Waals surface area contributed by atoms with E-state index in [-0.39, 0.29) is 5.82 Å². The summed E-state index contributed by atoms with van der Waals surface area (Å²) in [7, 11) is 0. The fraction of sp³-hybridized carbons (Fsp3) is 0.357. The van der Waals surface area contributed by atoms with Crippen LogP contribution >= 0.6 is 0 Å². The molecule has 0 bridgehead atoms. The summed E-state index contributed by atoms with van der Waals surface area (Å²) >= 11 is 0. The zero-order valence-corrected chi connectivity index (χ0v) is 10.4. The minimum absolute atomic E-state index is 0.163. The van der Waals surface area contributed by atoms with E-state index in [0.29, 0.717) is 11.6 Å². The summed E-state index contributed by atoms with van der Waals surface area (Å²) in [5, 5.41) is 3.31. The van der Waals surface area contributed by atoms with E-state index in [2.05, 4.69) is 14.9 Å². The van der Waals surface area contributed by atoms with Crippen LogP contribution in [0.15, 0.2) is 30.7 Å². The average molecular weight is 245 g/mol. The third-order valence-corrected chi connectivity index (χ3v) is 3.32. The van der Waals surface area contributed by atoms with Gasteiger partial charge in [-0.05, 0) is 43.5 Å². The van der Waals surface area contributed by atoms with Gasteiger partial charge in [-0.15, -0.1) is 0 Å². The minimum Gasteiger partial charge on any atom is -0.379 e. The molecule has 1 aliphatic carbocycles. The maximum absolute atomic E-state index is 13.1. The number of aryl methyl sites for hydroxylation is 1. The molecule has 0 saturated heterocycles. The Balaban J connectivity index is 1.69. The predicted octanol–water partition coefficient (Wildman–Crippen LogP) is 3.28. The van der Waals surface area contributed by atoms with Crippen LogP contribution in [0.5, 0.6) is 0 Å². The fourth-order valence-corrected chi connectivity index (χ4v) is 2.10. The molecule has 1 N–H and O–H groups in total. The number of aromatic nitrogens is 2. The van der Waals surface area contributed by atoms with Crippen molar-refractivity contribution in [2.45, 2.75) is 32.4 Å². The molecule has 0 unspecified atom stereocenters. The van der Waals surface area contributed by atoms with Crippen molar-refractivity contribution in [3.8, 4) is 0 Å². The number of hydrogen-bond donors (Lipinski definition) is 1. The Morgan fingerprint density at radius 3 is 3.00 bits per heavy atom. The van der Waals surface area contributed by atoms with E-state index < -0.39 is 0 Å². The Kier molecular flexibility index (Phi) is 2.78. The van der Waals surface area contributed by atoms with Crippen molar-refractivity contribution < 1.29 is 4.39 Å². The average Bonchev–Trinajstić information content (AvgIpc) is 3.10. The highest BCUT2D eigenvalue weighted by molar-refractivity contribution is 5.46. The van der Waals surface area contributed by atoms with Crippen LogP contribution in [-0.4, -0.2) is 9.55 Å². The van der Waals surface area contributed by atoms with E-state index in [0.717, 1.165) is 12.2 Å². The van der Waals surface area contributed by atoms with Crippen molar-refractivity contribution in [1.82, 2.24) is 9.55 Å². The summed E-state index contributed by atoms with van der Waals surface area (Å²) in [6.07, 6.45) is 6.28. The minimum atomic E-state index is -0.163. The van der Waals surface area contributed by atoms with E-state index >= 15 is 0 Å². The van der Waals surface area contributed by atoms with E-state index in [1.54, 1.807) is 13.0 Å². The lowest BCUT2D eigenvalue weighted by Crippen LogP contribution is -2.06. The molecule has 1 heterocycles. The highest BCUT2D eigenvalue weighted by Crippen LogP contribution is 2.35. The van der Waals surface area contributed by atoms with Crippen LogP contribution in [0.25, 0.3) is 0 Å². The molecule has 1 fully saturated rings. The Bertz CT molecular complexity index is 558. The lowest BCUT2D eigenvalue weighted by atomic mass is 10.2. The van der Waals surface area contributed by atoms with Crippen LogP contribution in [-0.2, 0) is 6.54 Å². The van der Waals surface area contributed by atoms with Crippen molar-refractivity contribution in [3.05, 3.63) is 47.8 Å². The van der Waals surface area contributed by atoms with Gasteiger partial charge in [0.25, 0.3) is 0 Å². The number of benzene rings is 1. The Hall–Kier alpha value is -1.84. The van der Waals surface area contributed by atoms with Gasteiger partial charge in [-0.2, -0.15) is 0 Å². The summed E-state index contributed by atoms with van der Waals surface area (Å²) in [6, 6.07) is 5.72. The topological polar surface area (TPSA) is 29.9 Å². The summed E-state index contributed by atoms with van der Waals surface area (Å²) in [5.74, 6) is -0.163. The molecule has 2 aromatic rings. The fourth-order valence-electron chi connectivity index (χ4n) is 2.10. The molecule has 4 heteroatoms. The first-order valence-electron chi connectivity index (χ1n) is 6.25. The smallest absolute Gasteiger partial charge is 0.126 e. The van der Waals surface area contributed by atoms with Crippen molar-refractivity contribution in [2.75, 3.05) is 5.32 Å². The van der Waals surface area contributed by atoms with Gasteiger partial charge >= 0.3 is 0 Å². The van der Waals surface area contributed by atoms with Gasteiger partial charge in [0.05, 0.1) is 18.6 Å². The molecule has 0 aliphatic heterocycles. The second-order valence-electron chi connectivity index (χ2n) is 4.84. The number of halogens is 1. The van der Waals surface area contributed by atoms with Crippen molar-refractivity contribution in [1.29, 1.82) is 0 Å². The van der Waals surface area contributed by atoms with E-state index in [1.807, 2.05) is 18.6 Å². The van der Waals surface area contributed by atoms with Gasteiger partial charge in [-0.1, -0.05) is 0 Å². The van der Waals surface area contributed by atoms with Crippen molar-refractivity contribution in [2.24, 2.45) is 0 Å². The molecule has 0 spiro atoms. The van der Waals surface area contributed by atoms with Gasteiger partial charge in [0.2, 0.25) is 0 Å². The lowest BCUT2D eigenvalue weighted by molar-refractivity contribution is 0.618. The van der Waals surface area contributed by atoms with Crippen LogP contribution in [0.4, 0.5) is 10.1 Å². The van der Waals surface area contributed by atoms with Gasteiger partial charge in [0.15, 0.2) is 0 Å². The number of nitrogens with one attached hydrogen (secondary N) is 1. The Morgan fingerprint density at radius 1 is 1.44 bits per heavy atom. The first-order chi connectivity index (χ1) is 8.74. The quantitative estimate of drug-likeness (QED) is 0.895. The van der Waals surface area contributed by atoms with Crippen LogP contribution in [0.3, 0.4) is 0 Å². The van der Waals surface area contributed by atoms with Gasteiger partial charge < -0.3 is 9.88 Å². The highest BCUT2D eigenvalue weighted by atomic mass is 19.1. The van der Waals surface area contributed by atoms with Crippen LogP contribution in [0, 0.1) is 12.7 Å². The molecule has 94 valence electrons. The van der Waals surface area contributed by atoms with Gasteiger partial charge in [-0.3, -0.25) is 0 Å². The molecule has 0 amide bonds. The number of imidazole rings is 1. The molecule has 1 aromatic heterocycles. The first-order valence-corrected chi connectivity index (χ1v) is 6.25. The Labute approximate surface area is 106 Å². The van der Waals surface area contributed by atoms with Crippen LogP contribution in [0.1, 0.15) is 30.1 Å². The highest BCUT2D eigenvalue weighted by Gasteiger charge is 2.24. The zero-order valence-electron chi connectivity index (χ0n) is 10.4. The molecular formula is C14H16FN3. The summed E-state index contributed by atoms with van der Waals surface area (Å²) < 4.78 is 15.4. The van der Waals surface area contributed by atoms with Crippen molar-refractivity contribution >= 4 is 5.69 Å². The number of nitrogens with zero attached hydrogens (tertiary/aromatic N) is 2. The molecule has 3 nitrogen and oxygen atoms in total. The third-order valence-electron chi connectivity index (χ3n) is 3.32. The molecule has 1 aliphatic rings. The number of rotatable bonds is 4. The second-order valence-corrected chi connectivity index (χ2v) is 4.84. The molecule has 0 radical (unpaired) electrons. The molecule has 1 saturated carbocycles. The van der Waals surface area contributed by atoms with Crippen LogP contribution in [0.2, 0.25) is 0 Å². The molecule has 18 heavy (non-hydrogen) atoms. The normalized spacial score (nSPS) is 14.8. The van der Waals surface area contributed by atoms with Gasteiger partial charge in [0.1, 0.15) is 5.82 Å². The molecular weight excluding hydrogens is 229 g/mol. The summed E-state index contributed by atoms with van der Waals surface area (Å²) in [5.41, 5.74) is 2.78. The maximum atomic E-state index is 13.1. The molecule has 1 aromatic carbocycles. The molecule has 0 atom stereocenters. The monoisotopic (exact) mass is 245 g/mol. The van der Waals surface area contributed by atoms with E-state index in [9.17, 15) is 4.39 Å². The maximum Gasteiger partial charge on any atom is 0.126 e. The predicted molar refractivity (Wildman–Crippen MR) is 69.0 cm³/mol.